The summed E-state index contributed by atoms with van der Waals surface area (Å²) in [5.41, 5.74) is 5.13. The number of carbonyl (C=O) groups is 2. The molecule has 0 aliphatic heterocycles. The third-order valence-electron chi connectivity index (χ3n) is 2.59. The molecule has 0 aliphatic rings. The number of nitrogens with one attached hydrogen (secondary N) is 1. The largest absolute Gasteiger partial charge is 0.346 e. The van der Waals surface area contributed by atoms with Crippen LogP contribution in [0.5, 0.6) is 0 Å². The van der Waals surface area contributed by atoms with Crippen molar-refractivity contribution < 1.29 is 9.59 Å². The lowest BCUT2D eigenvalue weighted by Crippen LogP contribution is -2.43. The fourth-order valence-electron chi connectivity index (χ4n) is 1.27. The minimum atomic E-state index is -0.298. The first kappa shape index (κ1) is 18.6. The van der Waals surface area contributed by atoms with E-state index in [-0.39, 0.29) is 37.3 Å². The highest BCUT2D eigenvalue weighted by Gasteiger charge is 2.14. The number of hydrogen-bond donors (Lipinski definition) is 2. The Morgan fingerprint density at radius 3 is 2.35 bits per heavy atom. The van der Waals surface area contributed by atoms with Crippen molar-refractivity contribution in [3.05, 3.63) is 0 Å². The van der Waals surface area contributed by atoms with Gasteiger partial charge in [0.25, 0.3) is 0 Å². The molecule has 0 spiro atoms. The summed E-state index contributed by atoms with van der Waals surface area (Å²) in [6.45, 7) is 7.51. The summed E-state index contributed by atoms with van der Waals surface area (Å²) in [7, 11) is 0. The first-order valence-electron chi connectivity index (χ1n) is 5.79. The van der Waals surface area contributed by atoms with E-state index in [9.17, 15) is 9.59 Å². The lowest BCUT2D eigenvalue weighted by Gasteiger charge is -2.24. The van der Waals surface area contributed by atoms with Crippen LogP contribution in [0.4, 0.5) is 0 Å². The lowest BCUT2D eigenvalue weighted by molar-refractivity contribution is -0.132. The third kappa shape index (κ3) is 7.99. The number of hydrogen-bond acceptors (Lipinski definition) is 3. The third-order valence-corrected chi connectivity index (χ3v) is 2.59. The molecule has 0 saturated carbocycles. The first-order valence-corrected chi connectivity index (χ1v) is 5.79. The predicted molar refractivity (Wildman–Crippen MR) is 71.0 cm³/mol. The minimum absolute atomic E-state index is 0. The van der Waals surface area contributed by atoms with E-state index in [1.165, 1.54) is 0 Å². The van der Waals surface area contributed by atoms with Gasteiger partial charge in [0.1, 0.15) is 0 Å². The van der Waals surface area contributed by atoms with Gasteiger partial charge < -0.3 is 16.0 Å². The van der Waals surface area contributed by atoms with E-state index in [1.807, 2.05) is 6.92 Å². The van der Waals surface area contributed by atoms with Gasteiger partial charge in [0.2, 0.25) is 11.8 Å². The zero-order valence-electron chi connectivity index (χ0n) is 10.9. The lowest BCUT2D eigenvalue weighted by atomic mass is 10.1. The second-order valence-electron chi connectivity index (χ2n) is 3.93. The number of nitrogens with two attached hydrogens (primary N) is 1. The maximum absolute atomic E-state index is 11.7. The van der Waals surface area contributed by atoms with E-state index in [1.54, 1.807) is 4.90 Å². The summed E-state index contributed by atoms with van der Waals surface area (Å²) in [6, 6.07) is 0. The van der Waals surface area contributed by atoms with Crippen LogP contribution in [0, 0.1) is 5.92 Å². The topological polar surface area (TPSA) is 75.4 Å². The van der Waals surface area contributed by atoms with Crippen LogP contribution in [-0.4, -0.2) is 42.9 Å². The van der Waals surface area contributed by atoms with Crippen LogP contribution in [0.25, 0.3) is 0 Å². The van der Waals surface area contributed by atoms with E-state index in [0.717, 1.165) is 13.0 Å². The molecule has 6 heteroatoms. The molecule has 0 fully saturated rings. The summed E-state index contributed by atoms with van der Waals surface area (Å²) in [4.78, 5) is 24.4. The van der Waals surface area contributed by atoms with Crippen molar-refractivity contribution in [3.8, 4) is 0 Å². The van der Waals surface area contributed by atoms with E-state index >= 15 is 0 Å². The number of halogens is 1. The van der Waals surface area contributed by atoms with Gasteiger partial charge in [-0.25, -0.2) is 0 Å². The van der Waals surface area contributed by atoms with E-state index in [4.69, 9.17) is 5.73 Å². The van der Waals surface area contributed by atoms with E-state index < -0.39 is 0 Å². The van der Waals surface area contributed by atoms with Crippen LogP contribution in [0.3, 0.4) is 0 Å². The fourth-order valence-corrected chi connectivity index (χ4v) is 1.27. The van der Waals surface area contributed by atoms with Crippen molar-refractivity contribution in [1.29, 1.82) is 0 Å². The van der Waals surface area contributed by atoms with Gasteiger partial charge in [-0.15, -0.1) is 12.4 Å². The molecule has 0 aromatic carbocycles. The minimum Gasteiger partial charge on any atom is -0.346 e. The molecule has 0 rings (SSSR count). The number of nitrogens with zero attached hydrogens (tertiary/aromatic N) is 1. The standard InChI is InChI=1S/C11H23N3O2.ClH/c1-4-9(3)8-14(5-2)11(16)7-13-10(15)6-12;/h9H,4-8,12H2,1-3H3,(H,13,15);1H. The zero-order valence-corrected chi connectivity index (χ0v) is 11.7. The van der Waals surface area contributed by atoms with Gasteiger partial charge in [-0.3, -0.25) is 9.59 Å². The molecule has 3 N–H and O–H groups in total. The van der Waals surface area contributed by atoms with Crippen molar-refractivity contribution in [2.45, 2.75) is 27.2 Å². The smallest absolute Gasteiger partial charge is 0.241 e. The van der Waals surface area contributed by atoms with Crippen molar-refractivity contribution in [2.75, 3.05) is 26.2 Å². The van der Waals surface area contributed by atoms with Gasteiger partial charge in [0.05, 0.1) is 13.1 Å². The Balaban J connectivity index is 0. The van der Waals surface area contributed by atoms with Crippen molar-refractivity contribution in [2.24, 2.45) is 11.7 Å². The molecule has 0 bridgehead atoms. The second kappa shape index (κ2) is 10.4. The number of amides is 2. The van der Waals surface area contributed by atoms with Crippen molar-refractivity contribution >= 4 is 24.2 Å². The highest BCUT2D eigenvalue weighted by Crippen LogP contribution is 2.03. The Bertz CT molecular complexity index is 237. The Labute approximate surface area is 110 Å². The molecule has 0 saturated heterocycles. The Morgan fingerprint density at radius 1 is 1.35 bits per heavy atom. The van der Waals surface area contributed by atoms with E-state index in [2.05, 4.69) is 19.2 Å². The first-order chi connectivity index (χ1) is 7.54. The SMILES string of the molecule is CCC(C)CN(CC)C(=O)CNC(=O)CN.Cl. The predicted octanol–water partition coefficient (Wildman–Crippen LogP) is 0.378. The molecule has 102 valence electrons. The summed E-state index contributed by atoms with van der Waals surface area (Å²) < 4.78 is 0. The Hall–Kier alpha value is -0.810. The molecule has 0 heterocycles. The van der Waals surface area contributed by atoms with Gasteiger partial charge in [0.15, 0.2) is 0 Å². The summed E-state index contributed by atoms with van der Waals surface area (Å²) in [6.07, 6.45) is 1.04. The molecule has 0 radical (unpaired) electrons. The summed E-state index contributed by atoms with van der Waals surface area (Å²) in [5, 5.41) is 2.48. The summed E-state index contributed by atoms with van der Waals surface area (Å²) >= 11 is 0. The Kier molecular flexibility index (Phi) is 11.3. The number of carbonyl (C=O) groups excluding carboxylic acids is 2. The zero-order chi connectivity index (χ0) is 12.6. The summed E-state index contributed by atoms with van der Waals surface area (Å²) in [5.74, 6) is 0.131. The number of rotatable bonds is 7. The van der Waals surface area contributed by atoms with Crippen LogP contribution >= 0.6 is 12.4 Å². The quantitative estimate of drug-likeness (QED) is 0.699. The molecule has 0 aromatic rings. The highest BCUT2D eigenvalue weighted by atomic mass is 35.5. The van der Waals surface area contributed by atoms with Crippen molar-refractivity contribution in [3.63, 3.8) is 0 Å². The average molecular weight is 266 g/mol. The van der Waals surface area contributed by atoms with Gasteiger partial charge in [-0.2, -0.15) is 0 Å². The fraction of sp³-hybridized carbons (Fsp3) is 0.818. The average Bonchev–Trinajstić information content (AvgIpc) is 2.31. The molecule has 2 amide bonds. The van der Waals surface area contributed by atoms with Gasteiger partial charge in [-0.05, 0) is 12.8 Å². The molecule has 0 aromatic heterocycles. The molecule has 5 nitrogen and oxygen atoms in total. The van der Waals surface area contributed by atoms with Crippen LogP contribution in [0.2, 0.25) is 0 Å². The monoisotopic (exact) mass is 265 g/mol. The highest BCUT2D eigenvalue weighted by molar-refractivity contribution is 5.85. The molecule has 1 atom stereocenters. The van der Waals surface area contributed by atoms with Crippen LogP contribution in [0.1, 0.15) is 27.2 Å². The molecule has 0 aliphatic carbocycles. The molecule has 1 unspecified atom stereocenters. The Morgan fingerprint density at radius 2 is 1.94 bits per heavy atom. The van der Waals surface area contributed by atoms with Crippen LogP contribution in [0.15, 0.2) is 0 Å². The van der Waals surface area contributed by atoms with Crippen LogP contribution in [-0.2, 0) is 9.59 Å². The van der Waals surface area contributed by atoms with E-state index in [0.29, 0.717) is 12.5 Å². The van der Waals surface area contributed by atoms with Gasteiger partial charge in [0, 0.05) is 13.1 Å². The second-order valence-corrected chi connectivity index (χ2v) is 3.93. The maximum atomic E-state index is 11.7. The molecule has 17 heavy (non-hydrogen) atoms. The molecular weight excluding hydrogens is 242 g/mol. The number of likely N-dealkylation sites (N-methyl/N-ethyl adjacent to an activating group) is 1. The van der Waals surface area contributed by atoms with Crippen LogP contribution < -0.4 is 11.1 Å². The van der Waals surface area contributed by atoms with Gasteiger partial charge in [-0.1, -0.05) is 20.3 Å². The van der Waals surface area contributed by atoms with Crippen molar-refractivity contribution in [1.82, 2.24) is 10.2 Å². The maximum Gasteiger partial charge on any atom is 0.241 e. The normalized spacial score (nSPS) is 11.3. The van der Waals surface area contributed by atoms with Gasteiger partial charge >= 0.3 is 0 Å². The molecular formula is C11H24ClN3O2.